The molecule has 19 heavy (non-hydrogen) atoms. The minimum atomic E-state index is -0.501. The smallest absolute Gasteiger partial charge is 0.122 e. The van der Waals surface area contributed by atoms with Gasteiger partial charge >= 0.3 is 0 Å². The number of aryl methyl sites for hydroxylation is 1. The molecule has 0 aliphatic rings. The van der Waals surface area contributed by atoms with Gasteiger partial charge in [0.15, 0.2) is 0 Å². The zero-order chi connectivity index (χ0) is 13.9. The van der Waals surface area contributed by atoms with Crippen molar-refractivity contribution in [3.63, 3.8) is 0 Å². The van der Waals surface area contributed by atoms with E-state index in [4.69, 9.17) is 9.47 Å². The van der Waals surface area contributed by atoms with Crippen molar-refractivity contribution in [1.82, 2.24) is 5.32 Å². The number of hydrogen-bond donors (Lipinski definition) is 2. The summed E-state index contributed by atoms with van der Waals surface area (Å²) in [5, 5.41) is 12.7. The topological polar surface area (TPSA) is 50.7 Å². The summed E-state index contributed by atoms with van der Waals surface area (Å²) < 4.78 is 10.8. The third-order valence-corrected chi connectivity index (χ3v) is 2.56. The van der Waals surface area contributed by atoms with Crippen LogP contribution in [-0.2, 0) is 4.74 Å². The maximum atomic E-state index is 9.57. The minimum Gasteiger partial charge on any atom is -0.492 e. The summed E-state index contributed by atoms with van der Waals surface area (Å²) in [5.74, 6) is 0.902. The summed E-state index contributed by atoms with van der Waals surface area (Å²) in [6, 6.07) is 7.91. The van der Waals surface area contributed by atoms with Gasteiger partial charge in [-0.05, 0) is 18.6 Å². The van der Waals surface area contributed by atoms with E-state index in [2.05, 4.69) is 11.9 Å². The van der Waals surface area contributed by atoms with Gasteiger partial charge in [-0.3, -0.25) is 0 Å². The highest BCUT2D eigenvalue weighted by molar-refractivity contribution is 5.31. The van der Waals surface area contributed by atoms with Crippen LogP contribution in [0.4, 0.5) is 0 Å². The number of aliphatic hydroxyl groups excluding tert-OH is 1. The first-order chi connectivity index (χ1) is 9.24. The first-order valence-electron chi connectivity index (χ1n) is 6.50. The summed E-state index contributed by atoms with van der Waals surface area (Å²) in [6.45, 7) is 8.10. The van der Waals surface area contributed by atoms with E-state index in [-0.39, 0.29) is 0 Å². The third-order valence-electron chi connectivity index (χ3n) is 2.56. The Morgan fingerprint density at radius 2 is 2.21 bits per heavy atom. The first kappa shape index (κ1) is 15.7. The molecule has 0 unspecified atom stereocenters. The van der Waals surface area contributed by atoms with Crippen LogP contribution < -0.4 is 10.1 Å². The van der Waals surface area contributed by atoms with E-state index in [0.717, 1.165) is 11.3 Å². The van der Waals surface area contributed by atoms with Crippen LogP contribution in [0.1, 0.15) is 5.56 Å². The molecule has 0 aliphatic heterocycles. The summed E-state index contributed by atoms with van der Waals surface area (Å²) >= 11 is 0. The van der Waals surface area contributed by atoms with E-state index < -0.39 is 6.10 Å². The van der Waals surface area contributed by atoms with Crippen LogP contribution >= 0.6 is 0 Å². The highest BCUT2D eigenvalue weighted by atomic mass is 16.5. The molecule has 1 aromatic carbocycles. The molecule has 106 valence electrons. The SMILES string of the molecule is C=CCOC[C@@H](O)CNCCOc1ccccc1C. The quantitative estimate of drug-likeness (QED) is 0.497. The number of nitrogens with one attached hydrogen (secondary N) is 1. The van der Waals surface area contributed by atoms with E-state index in [1.165, 1.54) is 0 Å². The van der Waals surface area contributed by atoms with Crippen molar-refractivity contribution in [2.75, 3.05) is 32.9 Å². The number of benzene rings is 1. The van der Waals surface area contributed by atoms with E-state index in [9.17, 15) is 5.11 Å². The van der Waals surface area contributed by atoms with Crippen LogP contribution in [0.5, 0.6) is 5.75 Å². The second kappa shape index (κ2) is 9.55. The van der Waals surface area contributed by atoms with Crippen molar-refractivity contribution in [2.45, 2.75) is 13.0 Å². The van der Waals surface area contributed by atoms with Gasteiger partial charge in [0.2, 0.25) is 0 Å². The van der Waals surface area contributed by atoms with Crippen LogP contribution in [0.25, 0.3) is 0 Å². The molecule has 1 aromatic rings. The Labute approximate surface area is 115 Å². The molecule has 0 fully saturated rings. The van der Waals surface area contributed by atoms with Crippen LogP contribution in [0.2, 0.25) is 0 Å². The molecule has 4 nitrogen and oxygen atoms in total. The van der Waals surface area contributed by atoms with Gasteiger partial charge in [-0.15, -0.1) is 6.58 Å². The standard InChI is InChI=1S/C15H23NO3/c1-3-9-18-12-14(17)11-16-8-10-19-15-7-5-4-6-13(15)2/h3-7,14,16-17H,1,8-12H2,2H3/t14-/m0/s1. The third kappa shape index (κ3) is 6.96. The molecule has 0 bridgehead atoms. The maximum absolute atomic E-state index is 9.57. The zero-order valence-electron chi connectivity index (χ0n) is 11.5. The number of rotatable bonds is 10. The Kier molecular flexibility index (Phi) is 7.89. The van der Waals surface area contributed by atoms with Crippen LogP contribution in [0, 0.1) is 6.92 Å². The lowest BCUT2D eigenvalue weighted by Crippen LogP contribution is -2.32. The molecular formula is C15H23NO3. The predicted molar refractivity (Wildman–Crippen MR) is 76.6 cm³/mol. The minimum absolute atomic E-state index is 0.317. The van der Waals surface area contributed by atoms with Gasteiger partial charge < -0.3 is 19.9 Å². The Morgan fingerprint density at radius 1 is 1.42 bits per heavy atom. The second-order valence-corrected chi connectivity index (χ2v) is 4.30. The molecular weight excluding hydrogens is 242 g/mol. The van der Waals surface area contributed by atoms with Crippen LogP contribution in [0.15, 0.2) is 36.9 Å². The average Bonchev–Trinajstić information content (AvgIpc) is 2.41. The van der Waals surface area contributed by atoms with Crippen molar-refractivity contribution in [3.05, 3.63) is 42.5 Å². The Bertz CT molecular complexity index is 368. The Hall–Kier alpha value is -1.36. The fourth-order valence-corrected chi connectivity index (χ4v) is 1.57. The normalized spacial score (nSPS) is 12.1. The lowest BCUT2D eigenvalue weighted by Gasteiger charge is -2.12. The lowest BCUT2D eigenvalue weighted by molar-refractivity contribution is 0.0491. The zero-order valence-corrected chi connectivity index (χ0v) is 11.5. The summed E-state index contributed by atoms with van der Waals surface area (Å²) in [6.07, 6.45) is 1.16. The van der Waals surface area contributed by atoms with Gasteiger partial charge in [-0.2, -0.15) is 0 Å². The molecule has 4 heteroatoms. The van der Waals surface area contributed by atoms with Gasteiger partial charge in [-0.25, -0.2) is 0 Å². The Balaban J connectivity index is 2.05. The summed E-state index contributed by atoms with van der Waals surface area (Å²) in [4.78, 5) is 0. The summed E-state index contributed by atoms with van der Waals surface area (Å²) in [5.41, 5.74) is 1.13. The van der Waals surface area contributed by atoms with Gasteiger partial charge in [0, 0.05) is 13.1 Å². The van der Waals surface area contributed by atoms with Crippen molar-refractivity contribution in [1.29, 1.82) is 0 Å². The monoisotopic (exact) mass is 265 g/mol. The molecule has 0 saturated heterocycles. The number of para-hydroxylation sites is 1. The Morgan fingerprint density at radius 3 is 2.95 bits per heavy atom. The van der Waals surface area contributed by atoms with Gasteiger partial charge in [0.25, 0.3) is 0 Å². The van der Waals surface area contributed by atoms with Crippen LogP contribution in [-0.4, -0.2) is 44.1 Å². The second-order valence-electron chi connectivity index (χ2n) is 4.30. The highest BCUT2D eigenvalue weighted by Gasteiger charge is 2.03. The molecule has 1 rings (SSSR count). The lowest BCUT2D eigenvalue weighted by atomic mass is 10.2. The molecule has 0 saturated carbocycles. The molecule has 0 aliphatic carbocycles. The predicted octanol–water partition coefficient (Wildman–Crippen LogP) is 1.53. The van der Waals surface area contributed by atoms with Gasteiger partial charge in [0.1, 0.15) is 12.4 Å². The molecule has 2 N–H and O–H groups in total. The van der Waals surface area contributed by atoms with Gasteiger partial charge in [-0.1, -0.05) is 24.3 Å². The fraction of sp³-hybridized carbons (Fsp3) is 0.467. The molecule has 0 amide bonds. The average molecular weight is 265 g/mol. The fourth-order valence-electron chi connectivity index (χ4n) is 1.57. The van der Waals surface area contributed by atoms with E-state index in [1.54, 1.807) is 6.08 Å². The first-order valence-corrected chi connectivity index (χ1v) is 6.50. The number of ether oxygens (including phenoxy) is 2. The van der Waals surface area contributed by atoms with Crippen molar-refractivity contribution < 1.29 is 14.6 Å². The van der Waals surface area contributed by atoms with Crippen molar-refractivity contribution in [2.24, 2.45) is 0 Å². The molecule has 0 heterocycles. The van der Waals surface area contributed by atoms with E-state index in [0.29, 0.717) is 32.9 Å². The van der Waals surface area contributed by atoms with Crippen molar-refractivity contribution in [3.8, 4) is 5.75 Å². The largest absolute Gasteiger partial charge is 0.492 e. The molecule has 0 radical (unpaired) electrons. The molecule has 1 atom stereocenters. The van der Waals surface area contributed by atoms with Crippen molar-refractivity contribution >= 4 is 0 Å². The van der Waals surface area contributed by atoms with E-state index in [1.807, 2.05) is 31.2 Å². The maximum Gasteiger partial charge on any atom is 0.122 e. The van der Waals surface area contributed by atoms with Gasteiger partial charge in [0.05, 0.1) is 19.3 Å². The number of hydrogen-bond acceptors (Lipinski definition) is 4. The number of aliphatic hydroxyl groups is 1. The van der Waals surface area contributed by atoms with E-state index >= 15 is 0 Å². The molecule has 0 aromatic heterocycles. The molecule has 0 spiro atoms. The van der Waals surface area contributed by atoms with Crippen LogP contribution in [0.3, 0.4) is 0 Å². The summed E-state index contributed by atoms with van der Waals surface area (Å²) in [7, 11) is 0. The highest BCUT2D eigenvalue weighted by Crippen LogP contribution is 2.15.